The third kappa shape index (κ3) is 2.77. The number of amides is 1. The summed E-state index contributed by atoms with van der Waals surface area (Å²) in [6, 6.07) is 9.27. The minimum atomic E-state index is -0.730. The van der Waals surface area contributed by atoms with Gasteiger partial charge in [0.2, 0.25) is 11.7 Å². The highest BCUT2D eigenvalue weighted by Crippen LogP contribution is 2.37. The molecule has 132 valence electrons. The van der Waals surface area contributed by atoms with Crippen molar-refractivity contribution in [1.29, 1.82) is 0 Å². The number of aryl methyl sites for hydroxylation is 2. The van der Waals surface area contributed by atoms with Crippen LogP contribution < -0.4 is 10.5 Å². The van der Waals surface area contributed by atoms with Gasteiger partial charge >= 0.3 is 5.69 Å². The number of nitrogens with zero attached hydrogens (tertiary/aromatic N) is 1. The standard InChI is InChI=1S/C19H16N2O5/c20-19(22)11-5-7-18(15(9-11)21(23)24)25-12-6-8-17-14(10-12)13-3-1-2-4-16(13)26-17/h5-10H,1-4H2,(H2,20,22). The first kappa shape index (κ1) is 16.1. The van der Waals surface area contributed by atoms with E-state index >= 15 is 0 Å². The first-order valence-corrected chi connectivity index (χ1v) is 8.33. The van der Waals surface area contributed by atoms with Crippen molar-refractivity contribution in [2.45, 2.75) is 25.7 Å². The number of hydrogen-bond donors (Lipinski definition) is 1. The first-order chi connectivity index (χ1) is 12.5. The number of fused-ring (bicyclic) bond motifs is 3. The van der Waals surface area contributed by atoms with E-state index in [0.29, 0.717) is 5.75 Å². The van der Waals surface area contributed by atoms with E-state index in [2.05, 4.69) is 0 Å². The van der Waals surface area contributed by atoms with Crippen LogP contribution in [-0.2, 0) is 12.8 Å². The van der Waals surface area contributed by atoms with E-state index in [1.165, 1.54) is 17.7 Å². The van der Waals surface area contributed by atoms with E-state index in [1.807, 2.05) is 12.1 Å². The summed E-state index contributed by atoms with van der Waals surface area (Å²) < 4.78 is 11.6. The highest BCUT2D eigenvalue weighted by atomic mass is 16.6. The number of nitro benzene ring substituents is 1. The second kappa shape index (κ2) is 6.18. The number of hydrogen-bond acceptors (Lipinski definition) is 5. The topological polar surface area (TPSA) is 109 Å². The number of rotatable bonds is 4. The largest absolute Gasteiger partial charge is 0.461 e. The SMILES string of the molecule is NC(=O)c1ccc(Oc2ccc3oc4c(c3c2)CCCC4)c([N+](=O)[O-])c1. The maximum Gasteiger partial charge on any atom is 0.312 e. The Morgan fingerprint density at radius 3 is 2.73 bits per heavy atom. The maximum absolute atomic E-state index is 11.3. The fraction of sp³-hybridized carbons (Fsp3) is 0.211. The number of carbonyl (C=O) groups excluding carboxylic acids is 1. The van der Waals surface area contributed by atoms with E-state index in [0.717, 1.165) is 48.5 Å². The van der Waals surface area contributed by atoms with Gasteiger partial charge in [0, 0.05) is 29.0 Å². The van der Waals surface area contributed by atoms with Gasteiger partial charge in [-0.05, 0) is 49.6 Å². The van der Waals surface area contributed by atoms with Gasteiger partial charge in [0.25, 0.3) is 0 Å². The fourth-order valence-electron chi connectivity index (χ4n) is 3.33. The van der Waals surface area contributed by atoms with E-state index in [1.54, 1.807) is 6.07 Å². The van der Waals surface area contributed by atoms with Crippen molar-refractivity contribution in [3.05, 3.63) is 63.4 Å². The lowest BCUT2D eigenvalue weighted by Gasteiger charge is -2.09. The van der Waals surface area contributed by atoms with Gasteiger partial charge in [-0.2, -0.15) is 0 Å². The minimum Gasteiger partial charge on any atom is -0.461 e. The zero-order chi connectivity index (χ0) is 18.3. The fourth-order valence-corrected chi connectivity index (χ4v) is 3.33. The average molecular weight is 352 g/mol. The molecule has 1 heterocycles. The van der Waals surface area contributed by atoms with Crippen molar-refractivity contribution in [1.82, 2.24) is 0 Å². The Kier molecular flexibility index (Phi) is 3.84. The summed E-state index contributed by atoms with van der Waals surface area (Å²) in [6.45, 7) is 0. The molecule has 0 saturated heterocycles. The van der Waals surface area contributed by atoms with Crippen molar-refractivity contribution in [2.75, 3.05) is 0 Å². The number of carbonyl (C=O) groups is 1. The Balaban J connectivity index is 1.73. The zero-order valence-corrected chi connectivity index (χ0v) is 13.9. The lowest BCUT2D eigenvalue weighted by atomic mass is 9.96. The predicted octanol–water partition coefficient (Wildman–Crippen LogP) is 4.11. The van der Waals surface area contributed by atoms with Gasteiger partial charge in [-0.3, -0.25) is 14.9 Å². The third-order valence-electron chi connectivity index (χ3n) is 4.59. The van der Waals surface area contributed by atoms with Crippen LogP contribution in [0, 0.1) is 10.1 Å². The molecule has 1 aliphatic rings. The molecule has 0 aliphatic heterocycles. The van der Waals surface area contributed by atoms with Crippen molar-refractivity contribution < 1.29 is 18.9 Å². The van der Waals surface area contributed by atoms with Crippen LogP contribution in [0.2, 0.25) is 0 Å². The van der Waals surface area contributed by atoms with Gasteiger partial charge < -0.3 is 14.9 Å². The quantitative estimate of drug-likeness (QED) is 0.561. The number of nitrogens with two attached hydrogens (primary N) is 1. The molecule has 0 saturated carbocycles. The molecule has 1 aromatic heterocycles. The number of nitro groups is 1. The summed E-state index contributed by atoms with van der Waals surface area (Å²) in [5, 5.41) is 12.3. The van der Waals surface area contributed by atoms with Crippen LogP contribution in [0.5, 0.6) is 11.5 Å². The van der Waals surface area contributed by atoms with Gasteiger partial charge in [0.1, 0.15) is 17.1 Å². The molecule has 0 radical (unpaired) electrons. The van der Waals surface area contributed by atoms with Crippen LogP contribution in [0.3, 0.4) is 0 Å². The molecule has 0 atom stereocenters. The molecule has 26 heavy (non-hydrogen) atoms. The van der Waals surface area contributed by atoms with Gasteiger partial charge in [0.15, 0.2) is 0 Å². The van der Waals surface area contributed by atoms with E-state index in [-0.39, 0.29) is 17.0 Å². The Bertz CT molecular complexity index is 1040. The molecule has 2 aromatic carbocycles. The van der Waals surface area contributed by atoms with Crippen molar-refractivity contribution in [2.24, 2.45) is 5.73 Å². The molecule has 3 aromatic rings. The highest BCUT2D eigenvalue weighted by Gasteiger charge is 2.21. The Morgan fingerprint density at radius 2 is 1.96 bits per heavy atom. The summed E-state index contributed by atoms with van der Waals surface area (Å²) in [5.41, 5.74) is 6.92. The van der Waals surface area contributed by atoms with Crippen LogP contribution in [0.4, 0.5) is 5.69 Å². The normalized spacial score (nSPS) is 13.4. The average Bonchev–Trinajstić information content (AvgIpc) is 3.00. The molecular weight excluding hydrogens is 336 g/mol. The van der Waals surface area contributed by atoms with Crippen LogP contribution in [0.1, 0.15) is 34.5 Å². The minimum absolute atomic E-state index is 0.0525. The van der Waals surface area contributed by atoms with E-state index < -0.39 is 10.8 Å². The molecule has 4 rings (SSSR count). The Morgan fingerprint density at radius 1 is 1.15 bits per heavy atom. The van der Waals surface area contributed by atoms with Crippen LogP contribution in [0.25, 0.3) is 11.0 Å². The van der Waals surface area contributed by atoms with Crippen LogP contribution >= 0.6 is 0 Å². The zero-order valence-electron chi connectivity index (χ0n) is 13.9. The molecule has 0 fully saturated rings. The highest BCUT2D eigenvalue weighted by molar-refractivity contribution is 5.93. The molecule has 1 amide bonds. The van der Waals surface area contributed by atoms with Gasteiger partial charge in [-0.15, -0.1) is 0 Å². The van der Waals surface area contributed by atoms with Crippen molar-refractivity contribution >= 4 is 22.6 Å². The Hall–Kier alpha value is -3.35. The molecule has 1 aliphatic carbocycles. The predicted molar refractivity (Wildman–Crippen MR) is 94.5 cm³/mol. The lowest BCUT2D eigenvalue weighted by Crippen LogP contribution is -2.11. The first-order valence-electron chi connectivity index (χ1n) is 8.33. The number of ether oxygens (including phenoxy) is 1. The Labute approximate surface area is 148 Å². The second-order valence-electron chi connectivity index (χ2n) is 6.27. The van der Waals surface area contributed by atoms with Crippen molar-refractivity contribution in [3.8, 4) is 11.5 Å². The third-order valence-corrected chi connectivity index (χ3v) is 4.59. The molecule has 0 spiro atoms. The smallest absolute Gasteiger partial charge is 0.312 e. The molecule has 2 N–H and O–H groups in total. The van der Waals surface area contributed by atoms with Gasteiger partial charge in [-0.25, -0.2) is 0 Å². The molecular formula is C19H16N2O5. The monoisotopic (exact) mass is 352 g/mol. The van der Waals surface area contributed by atoms with E-state index in [4.69, 9.17) is 14.9 Å². The summed E-state index contributed by atoms with van der Waals surface area (Å²) in [4.78, 5) is 22.0. The van der Waals surface area contributed by atoms with Gasteiger partial charge in [0.05, 0.1) is 4.92 Å². The molecule has 7 heteroatoms. The van der Waals surface area contributed by atoms with Crippen LogP contribution in [-0.4, -0.2) is 10.8 Å². The summed E-state index contributed by atoms with van der Waals surface area (Å²) in [6.07, 6.45) is 4.13. The number of furan rings is 1. The summed E-state index contributed by atoms with van der Waals surface area (Å²) in [5.74, 6) is 0.810. The molecule has 0 unspecified atom stereocenters. The number of primary amides is 1. The van der Waals surface area contributed by atoms with E-state index in [9.17, 15) is 14.9 Å². The maximum atomic E-state index is 11.3. The summed E-state index contributed by atoms with van der Waals surface area (Å²) in [7, 11) is 0. The molecule has 7 nitrogen and oxygen atoms in total. The molecule has 0 bridgehead atoms. The van der Waals surface area contributed by atoms with Crippen molar-refractivity contribution in [3.63, 3.8) is 0 Å². The second-order valence-corrected chi connectivity index (χ2v) is 6.27. The van der Waals surface area contributed by atoms with Crippen LogP contribution in [0.15, 0.2) is 40.8 Å². The lowest BCUT2D eigenvalue weighted by molar-refractivity contribution is -0.385. The van der Waals surface area contributed by atoms with Gasteiger partial charge in [-0.1, -0.05) is 0 Å². The summed E-state index contributed by atoms with van der Waals surface area (Å²) >= 11 is 0. The number of benzene rings is 2.